The topological polar surface area (TPSA) is 107 Å². The molecule has 0 amide bonds. The van der Waals surface area contributed by atoms with Gasteiger partial charge in [-0.1, -0.05) is 35.5 Å². The zero-order valence-electron chi connectivity index (χ0n) is 14.1. The second kappa shape index (κ2) is 6.03. The summed E-state index contributed by atoms with van der Waals surface area (Å²) >= 11 is 0. The van der Waals surface area contributed by atoms with Crippen LogP contribution in [0.4, 0.5) is 17.2 Å². The van der Waals surface area contributed by atoms with Crippen molar-refractivity contribution in [3.8, 4) is 5.82 Å². The Morgan fingerprint density at radius 2 is 1.78 bits per heavy atom. The Morgan fingerprint density at radius 1 is 0.889 bits per heavy atom. The molecule has 0 aliphatic heterocycles. The van der Waals surface area contributed by atoms with Crippen LogP contribution in [0.2, 0.25) is 0 Å². The lowest BCUT2D eigenvalue weighted by molar-refractivity contribution is 0.800. The SMILES string of the molecule is Nc1c(Nc2cccc3cccnc23)ncnc1-n1nnc2ccccc21. The monoisotopic (exact) mass is 354 g/mol. The van der Waals surface area contributed by atoms with Crippen LogP contribution < -0.4 is 11.1 Å². The van der Waals surface area contributed by atoms with Crippen LogP contribution in [0.15, 0.2) is 67.1 Å². The second-order valence-corrected chi connectivity index (χ2v) is 5.96. The van der Waals surface area contributed by atoms with Crippen LogP contribution in [0.5, 0.6) is 0 Å². The van der Waals surface area contributed by atoms with Crippen LogP contribution >= 0.6 is 0 Å². The van der Waals surface area contributed by atoms with Crippen molar-refractivity contribution in [1.29, 1.82) is 0 Å². The summed E-state index contributed by atoms with van der Waals surface area (Å²) in [5.41, 5.74) is 9.98. The molecule has 0 saturated carbocycles. The molecule has 27 heavy (non-hydrogen) atoms. The highest BCUT2D eigenvalue weighted by Gasteiger charge is 2.15. The van der Waals surface area contributed by atoms with Gasteiger partial charge in [0.2, 0.25) is 0 Å². The summed E-state index contributed by atoms with van der Waals surface area (Å²) < 4.78 is 1.61. The first-order valence-electron chi connectivity index (χ1n) is 8.33. The van der Waals surface area contributed by atoms with Crippen molar-refractivity contribution in [2.75, 3.05) is 11.1 Å². The zero-order valence-corrected chi connectivity index (χ0v) is 14.1. The highest BCUT2D eigenvalue weighted by molar-refractivity contribution is 5.93. The predicted octanol–water partition coefficient (Wildman–Crippen LogP) is 3.08. The number of aromatic nitrogens is 6. The van der Waals surface area contributed by atoms with Crippen molar-refractivity contribution in [3.63, 3.8) is 0 Å². The second-order valence-electron chi connectivity index (χ2n) is 5.96. The largest absolute Gasteiger partial charge is 0.393 e. The first kappa shape index (κ1) is 15.2. The van der Waals surface area contributed by atoms with E-state index < -0.39 is 0 Å². The van der Waals surface area contributed by atoms with E-state index in [9.17, 15) is 0 Å². The maximum absolute atomic E-state index is 6.36. The van der Waals surface area contributed by atoms with Gasteiger partial charge in [0.15, 0.2) is 11.6 Å². The van der Waals surface area contributed by atoms with Crippen LogP contribution in [0.3, 0.4) is 0 Å². The first-order chi connectivity index (χ1) is 13.3. The lowest BCUT2D eigenvalue weighted by Crippen LogP contribution is -2.09. The standard InChI is InChI=1S/C19H14N8/c20-16-18(24-14-8-3-5-12-6-4-10-21-17(12)14)22-11-23-19(16)27-15-9-2-1-7-13(15)25-26-27/h1-11H,20H2,(H,22,23,24). The molecule has 0 bridgehead atoms. The average Bonchev–Trinajstić information content (AvgIpc) is 3.14. The first-order valence-corrected chi connectivity index (χ1v) is 8.33. The van der Waals surface area contributed by atoms with Crippen molar-refractivity contribution in [2.24, 2.45) is 0 Å². The van der Waals surface area contributed by atoms with Crippen LogP contribution in [0.1, 0.15) is 0 Å². The number of rotatable bonds is 3. The maximum Gasteiger partial charge on any atom is 0.184 e. The number of benzene rings is 2. The number of nitrogens with two attached hydrogens (primary N) is 1. The number of hydrogen-bond acceptors (Lipinski definition) is 7. The van der Waals surface area contributed by atoms with E-state index >= 15 is 0 Å². The summed E-state index contributed by atoms with van der Waals surface area (Å²) in [7, 11) is 0. The third kappa shape index (κ3) is 2.51. The van der Waals surface area contributed by atoms with Gasteiger partial charge in [0.05, 0.1) is 16.7 Å². The summed E-state index contributed by atoms with van der Waals surface area (Å²) in [6.07, 6.45) is 3.20. The molecule has 0 unspecified atom stereocenters. The number of pyridine rings is 1. The number of para-hydroxylation sites is 2. The average molecular weight is 354 g/mol. The lowest BCUT2D eigenvalue weighted by Gasteiger charge is -2.12. The molecule has 0 aliphatic carbocycles. The van der Waals surface area contributed by atoms with Gasteiger partial charge >= 0.3 is 0 Å². The molecule has 0 spiro atoms. The Bertz CT molecular complexity index is 1270. The smallest absolute Gasteiger partial charge is 0.184 e. The van der Waals surface area contributed by atoms with E-state index in [0.29, 0.717) is 17.3 Å². The van der Waals surface area contributed by atoms with Gasteiger partial charge in [0.1, 0.15) is 17.5 Å². The highest BCUT2D eigenvalue weighted by Crippen LogP contribution is 2.29. The van der Waals surface area contributed by atoms with Gasteiger partial charge < -0.3 is 11.1 Å². The van der Waals surface area contributed by atoms with Crippen molar-refractivity contribution in [2.45, 2.75) is 0 Å². The minimum Gasteiger partial charge on any atom is -0.393 e. The van der Waals surface area contributed by atoms with Crippen molar-refractivity contribution >= 4 is 39.1 Å². The summed E-state index contributed by atoms with van der Waals surface area (Å²) in [6.45, 7) is 0. The van der Waals surface area contributed by atoms with Gasteiger partial charge in [-0.05, 0) is 24.3 Å². The van der Waals surface area contributed by atoms with Gasteiger partial charge in [0, 0.05) is 11.6 Å². The molecule has 8 heteroatoms. The zero-order chi connectivity index (χ0) is 18.2. The summed E-state index contributed by atoms with van der Waals surface area (Å²) in [5, 5.41) is 12.6. The van der Waals surface area contributed by atoms with E-state index in [4.69, 9.17) is 5.73 Å². The van der Waals surface area contributed by atoms with Crippen LogP contribution in [0.25, 0.3) is 27.8 Å². The predicted molar refractivity (Wildman–Crippen MR) is 104 cm³/mol. The fraction of sp³-hybridized carbons (Fsp3) is 0. The molecule has 8 nitrogen and oxygen atoms in total. The van der Waals surface area contributed by atoms with Gasteiger partial charge in [-0.25, -0.2) is 9.97 Å². The Morgan fingerprint density at radius 3 is 2.74 bits per heavy atom. The van der Waals surface area contributed by atoms with E-state index in [1.807, 2.05) is 54.6 Å². The quantitative estimate of drug-likeness (QED) is 0.512. The third-order valence-electron chi connectivity index (χ3n) is 4.30. The van der Waals surface area contributed by atoms with Gasteiger partial charge in [-0.3, -0.25) is 4.98 Å². The van der Waals surface area contributed by atoms with E-state index in [2.05, 4.69) is 30.6 Å². The van der Waals surface area contributed by atoms with Gasteiger partial charge in [0.25, 0.3) is 0 Å². The van der Waals surface area contributed by atoms with E-state index in [0.717, 1.165) is 27.6 Å². The molecule has 130 valence electrons. The number of anilines is 3. The molecule has 5 aromatic rings. The molecule has 0 radical (unpaired) electrons. The minimum absolute atomic E-state index is 0.376. The lowest BCUT2D eigenvalue weighted by atomic mass is 10.2. The summed E-state index contributed by atoms with van der Waals surface area (Å²) in [5.74, 6) is 0.951. The molecule has 3 heterocycles. The number of nitrogen functional groups attached to an aromatic ring is 1. The van der Waals surface area contributed by atoms with Crippen LogP contribution in [-0.2, 0) is 0 Å². The molecule has 0 atom stereocenters. The molecule has 0 fully saturated rings. The molecule has 3 aromatic heterocycles. The number of nitrogens with one attached hydrogen (secondary N) is 1. The highest BCUT2D eigenvalue weighted by atomic mass is 15.4. The summed E-state index contributed by atoms with van der Waals surface area (Å²) in [6, 6.07) is 17.4. The van der Waals surface area contributed by atoms with Gasteiger partial charge in [-0.15, -0.1) is 5.10 Å². The van der Waals surface area contributed by atoms with Crippen molar-refractivity contribution < 1.29 is 0 Å². The Balaban J connectivity index is 1.61. The Kier molecular flexibility index (Phi) is 3.39. The van der Waals surface area contributed by atoms with Crippen molar-refractivity contribution in [1.82, 2.24) is 29.9 Å². The van der Waals surface area contributed by atoms with Crippen LogP contribution in [-0.4, -0.2) is 29.9 Å². The minimum atomic E-state index is 0.376. The Hall–Kier alpha value is -4.07. The maximum atomic E-state index is 6.36. The fourth-order valence-corrected chi connectivity index (χ4v) is 3.01. The molecule has 5 rings (SSSR count). The third-order valence-corrected chi connectivity index (χ3v) is 4.30. The van der Waals surface area contributed by atoms with Crippen LogP contribution in [0, 0.1) is 0 Å². The number of nitrogens with zero attached hydrogens (tertiary/aromatic N) is 6. The molecule has 3 N–H and O–H groups in total. The fourth-order valence-electron chi connectivity index (χ4n) is 3.01. The molecule has 2 aromatic carbocycles. The molecular weight excluding hydrogens is 340 g/mol. The van der Waals surface area contributed by atoms with Gasteiger partial charge in [-0.2, -0.15) is 4.68 Å². The molecule has 0 aliphatic rings. The van der Waals surface area contributed by atoms with E-state index in [-0.39, 0.29) is 0 Å². The Labute approximate surface area is 153 Å². The summed E-state index contributed by atoms with van der Waals surface area (Å²) in [4.78, 5) is 13.0. The normalized spacial score (nSPS) is 11.1. The number of fused-ring (bicyclic) bond motifs is 2. The number of hydrogen-bond donors (Lipinski definition) is 2. The van der Waals surface area contributed by atoms with E-state index in [1.54, 1.807) is 10.9 Å². The van der Waals surface area contributed by atoms with Crippen molar-refractivity contribution in [3.05, 3.63) is 67.1 Å². The van der Waals surface area contributed by atoms with E-state index in [1.165, 1.54) is 6.33 Å². The molecular formula is C19H14N8. The molecule has 0 saturated heterocycles.